The number of hydrogen-bond acceptors (Lipinski definition) is 3. The molecule has 5 nitrogen and oxygen atoms in total. The molecular weight excluding hydrogens is 266 g/mol. The first-order valence-corrected chi connectivity index (χ1v) is 7.38. The summed E-state index contributed by atoms with van der Waals surface area (Å²) >= 11 is 0. The molecule has 0 aliphatic rings. The van der Waals surface area contributed by atoms with Gasteiger partial charge < -0.3 is 15.0 Å². The van der Waals surface area contributed by atoms with Crippen LogP contribution in [0, 0.1) is 6.92 Å². The smallest absolute Gasteiger partial charge is 0.323 e. The summed E-state index contributed by atoms with van der Waals surface area (Å²) in [5.41, 5.74) is 1.23. The van der Waals surface area contributed by atoms with Crippen molar-refractivity contribution < 1.29 is 9.90 Å². The zero-order valence-electron chi connectivity index (χ0n) is 12.9. The van der Waals surface area contributed by atoms with Crippen LogP contribution in [0.5, 0.6) is 0 Å². The van der Waals surface area contributed by atoms with E-state index in [0.717, 1.165) is 29.8 Å². The zero-order chi connectivity index (χ0) is 15.5. The van der Waals surface area contributed by atoms with Gasteiger partial charge in [0, 0.05) is 6.54 Å². The number of nitrogens with one attached hydrogen (secondary N) is 1. The van der Waals surface area contributed by atoms with Crippen LogP contribution in [-0.4, -0.2) is 32.7 Å². The number of para-hydroxylation sites is 2. The molecule has 1 heterocycles. The molecule has 2 rings (SSSR count). The second-order valence-corrected chi connectivity index (χ2v) is 5.57. The molecule has 2 aromatic rings. The fourth-order valence-corrected chi connectivity index (χ4v) is 2.73. The van der Waals surface area contributed by atoms with E-state index < -0.39 is 11.5 Å². The monoisotopic (exact) mass is 289 g/mol. The maximum atomic E-state index is 11.4. The zero-order valence-corrected chi connectivity index (χ0v) is 12.9. The van der Waals surface area contributed by atoms with Gasteiger partial charge in [-0.05, 0) is 45.4 Å². The SMILES string of the molecule is CCNC(C)(CCCn1c(C)nc2ccccc21)C(=O)O. The number of likely N-dealkylation sites (N-methyl/N-ethyl adjacent to an activating group) is 1. The van der Waals surface area contributed by atoms with Crippen molar-refractivity contribution in [2.45, 2.75) is 45.7 Å². The Kier molecular flexibility index (Phi) is 4.63. The van der Waals surface area contributed by atoms with Gasteiger partial charge in [0.05, 0.1) is 11.0 Å². The summed E-state index contributed by atoms with van der Waals surface area (Å²) in [6.45, 7) is 7.09. The molecule has 0 saturated heterocycles. The number of hydrogen-bond donors (Lipinski definition) is 2. The lowest BCUT2D eigenvalue weighted by Gasteiger charge is -2.25. The maximum Gasteiger partial charge on any atom is 0.323 e. The number of benzene rings is 1. The number of fused-ring (bicyclic) bond motifs is 1. The minimum Gasteiger partial charge on any atom is -0.480 e. The van der Waals surface area contributed by atoms with Crippen LogP contribution in [0.4, 0.5) is 0 Å². The van der Waals surface area contributed by atoms with Crippen molar-refractivity contribution in [1.29, 1.82) is 0 Å². The van der Waals surface area contributed by atoms with Crippen LogP contribution < -0.4 is 5.32 Å². The van der Waals surface area contributed by atoms with Crippen LogP contribution in [0.15, 0.2) is 24.3 Å². The fraction of sp³-hybridized carbons (Fsp3) is 0.500. The Morgan fingerprint density at radius 3 is 2.81 bits per heavy atom. The highest BCUT2D eigenvalue weighted by Gasteiger charge is 2.31. The van der Waals surface area contributed by atoms with E-state index in [9.17, 15) is 9.90 Å². The Balaban J connectivity index is 2.08. The van der Waals surface area contributed by atoms with Crippen LogP contribution in [0.25, 0.3) is 11.0 Å². The van der Waals surface area contributed by atoms with Gasteiger partial charge in [0.1, 0.15) is 11.4 Å². The molecule has 0 aliphatic carbocycles. The lowest BCUT2D eigenvalue weighted by atomic mass is 9.96. The third-order valence-electron chi connectivity index (χ3n) is 3.94. The largest absolute Gasteiger partial charge is 0.480 e. The third kappa shape index (κ3) is 3.24. The van der Waals surface area contributed by atoms with Gasteiger partial charge >= 0.3 is 5.97 Å². The van der Waals surface area contributed by atoms with Crippen molar-refractivity contribution in [3.8, 4) is 0 Å². The Bertz CT molecular complexity index is 635. The maximum absolute atomic E-state index is 11.4. The number of imidazole rings is 1. The van der Waals surface area contributed by atoms with E-state index in [1.165, 1.54) is 0 Å². The Morgan fingerprint density at radius 1 is 1.43 bits per heavy atom. The number of carbonyl (C=O) groups is 1. The average Bonchev–Trinajstić information content (AvgIpc) is 2.75. The highest BCUT2D eigenvalue weighted by atomic mass is 16.4. The van der Waals surface area contributed by atoms with Crippen molar-refractivity contribution in [2.75, 3.05) is 6.54 Å². The molecule has 1 aromatic heterocycles. The molecule has 114 valence electrons. The van der Waals surface area contributed by atoms with Gasteiger partial charge in [-0.1, -0.05) is 19.1 Å². The number of carboxylic acid groups (broad SMARTS) is 1. The summed E-state index contributed by atoms with van der Waals surface area (Å²) in [5, 5.41) is 12.4. The molecule has 0 radical (unpaired) electrons. The lowest BCUT2D eigenvalue weighted by molar-refractivity contribution is -0.144. The molecule has 0 saturated carbocycles. The van der Waals surface area contributed by atoms with Gasteiger partial charge in [-0.2, -0.15) is 0 Å². The van der Waals surface area contributed by atoms with Crippen molar-refractivity contribution in [2.24, 2.45) is 0 Å². The summed E-state index contributed by atoms with van der Waals surface area (Å²) in [7, 11) is 0. The summed E-state index contributed by atoms with van der Waals surface area (Å²) in [6.07, 6.45) is 1.37. The second kappa shape index (κ2) is 6.26. The molecule has 0 bridgehead atoms. The molecular formula is C16H23N3O2. The van der Waals surface area contributed by atoms with E-state index in [2.05, 4.69) is 20.9 Å². The van der Waals surface area contributed by atoms with Gasteiger partial charge in [0.15, 0.2) is 0 Å². The number of aryl methyl sites for hydroxylation is 2. The standard InChI is InChI=1S/C16H23N3O2/c1-4-17-16(3,15(20)21)10-7-11-19-12(2)18-13-8-5-6-9-14(13)19/h5-6,8-9,17H,4,7,10-11H2,1-3H3,(H,20,21). The number of aliphatic carboxylic acids is 1. The van der Waals surface area contributed by atoms with E-state index in [0.29, 0.717) is 13.0 Å². The minimum atomic E-state index is -0.862. The van der Waals surface area contributed by atoms with Crippen LogP contribution in [-0.2, 0) is 11.3 Å². The molecule has 5 heteroatoms. The van der Waals surface area contributed by atoms with Crippen molar-refractivity contribution in [1.82, 2.24) is 14.9 Å². The minimum absolute atomic E-state index is 0.585. The Labute approximate surface area is 125 Å². The molecule has 0 fully saturated rings. The van der Waals surface area contributed by atoms with Gasteiger partial charge in [-0.15, -0.1) is 0 Å². The third-order valence-corrected chi connectivity index (χ3v) is 3.94. The van der Waals surface area contributed by atoms with Crippen LogP contribution >= 0.6 is 0 Å². The number of carboxylic acids is 1. The van der Waals surface area contributed by atoms with Gasteiger partial charge in [0.25, 0.3) is 0 Å². The summed E-state index contributed by atoms with van der Waals surface area (Å²) in [4.78, 5) is 15.9. The fourth-order valence-electron chi connectivity index (χ4n) is 2.73. The van der Waals surface area contributed by atoms with E-state index in [1.54, 1.807) is 6.92 Å². The van der Waals surface area contributed by atoms with E-state index in [-0.39, 0.29) is 0 Å². The Hall–Kier alpha value is -1.88. The number of aromatic nitrogens is 2. The molecule has 0 aliphatic heterocycles. The quantitative estimate of drug-likeness (QED) is 0.822. The highest BCUT2D eigenvalue weighted by Crippen LogP contribution is 2.18. The normalized spacial score (nSPS) is 14.2. The van der Waals surface area contributed by atoms with Crippen molar-refractivity contribution in [3.63, 3.8) is 0 Å². The molecule has 1 unspecified atom stereocenters. The topological polar surface area (TPSA) is 67.2 Å². The number of rotatable bonds is 7. The molecule has 2 N–H and O–H groups in total. The lowest BCUT2D eigenvalue weighted by Crippen LogP contribution is -2.49. The summed E-state index contributed by atoms with van der Waals surface area (Å²) in [6, 6.07) is 8.03. The van der Waals surface area contributed by atoms with E-state index in [4.69, 9.17) is 0 Å². The predicted octanol–water partition coefficient (Wildman–Crippen LogP) is 2.58. The molecule has 1 atom stereocenters. The van der Waals surface area contributed by atoms with Crippen molar-refractivity contribution in [3.05, 3.63) is 30.1 Å². The average molecular weight is 289 g/mol. The van der Waals surface area contributed by atoms with Gasteiger partial charge in [0.2, 0.25) is 0 Å². The summed E-state index contributed by atoms with van der Waals surface area (Å²) in [5.74, 6) is 0.174. The second-order valence-electron chi connectivity index (χ2n) is 5.57. The van der Waals surface area contributed by atoms with Crippen LogP contribution in [0.1, 0.15) is 32.5 Å². The first kappa shape index (κ1) is 15.5. The molecule has 0 spiro atoms. The molecule has 0 amide bonds. The Morgan fingerprint density at radius 2 is 2.14 bits per heavy atom. The first-order valence-electron chi connectivity index (χ1n) is 7.38. The van der Waals surface area contributed by atoms with Gasteiger partial charge in [-0.3, -0.25) is 4.79 Å². The predicted molar refractivity (Wildman–Crippen MR) is 83.4 cm³/mol. The highest BCUT2D eigenvalue weighted by molar-refractivity contribution is 5.78. The van der Waals surface area contributed by atoms with Crippen LogP contribution in [0.3, 0.4) is 0 Å². The van der Waals surface area contributed by atoms with Crippen LogP contribution in [0.2, 0.25) is 0 Å². The van der Waals surface area contributed by atoms with E-state index in [1.807, 2.05) is 32.0 Å². The molecule has 1 aromatic carbocycles. The van der Waals surface area contributed by atoms with Crippen molar-refractivity contribution >= 4 is 17.0 Å². The van der Waals surface area contributed by atoms with E-state index >= 15 is 0 Å². The summed E-state index contributed by atoms with van der Waals surface area (Å²) < 4.78 is 2.16. The molecule has 21 heavy (non-hydrogen) atoms. The number of nitrogens with zero attached hydrogens (tertiary/aromatic N) is 2. The van der Waals surface area contributed by atoms with Gasteiger partial charge in [-0.25, -0.2) is 4.98 Å². The first-order chi connectivity index (χ1) is 9.98.